The maximum atomic E-state index is 12.1. The molecule has 0 saturated heterocycles. The first-order valence-electron chi connectivity index (χ1n) is 6.37. The average Bonchev–Trinajstić information content (AvgIpc) is 2.16. The molecule has 1 rings (SSSR count). The van der Waals surface area contributed by atoms with Crippen molar-refractivity contribution in [2.24, 2.45) is 11.8 Å². The number of rotatable bonds is 1. The fourth-order valence-corrected chi connectivity index (χ4v) is 2.26. The minimum atomic E-state index is 0.205. The second kappa shape index (κ2) is 6.03. The molecule has 0 heterocycles. The lowest BCUT2D eigenvalue weighted by atomic mass is 9.84. The van der Waals surface area contributed by atoms with Gasteiger partial charge in [-0.3, -0.25) is 4.79 Å². The first-order chi connectivity index (χ1) is 7.50. The van der Waals surface area contributed by atoms with Crippen molar-refractivity contribution in [1.82, 2.24) is 0 Å². The van der Waals surface area contributed by atoms with Crippen LogP contribution in [0.25, 0.3) is 0 Å². The molecule has 1 aliphatic rings. The van der Waals surface area contributed by atoms with Gasteiger partial charge < -0.3 is 0 Å². The molecule has 0 fully saturated rings. The molecule has 90 valence electrons. The van der Waals surface area contributed by atoms with Crippen LogP contribution in [-0.4, -0.2) is 5.78 Å². The van der Waals surface area contributed by atoms with E-state index in [2.05, 4.69) is 33.8 Å². The van der Waals surface area contributed by atoms with Gasteiger partial charge in [0.15, 0.2) is 5.78 Å². The first-order valence-corrected chi connectivity index (χ1v) is 6.37. The first kappa shape index (κ1) is 13.2. The van der Waals surface area contributed by atoms with Crippen LogP contribution in [0.4, 0.5) is 0 Å². The van der Waals surface area contributed by atoms with Crippen molar-refractivity contribution in [3.63, 3.8) is 0 Å². The minimum absolute atomic E-state index is 0.205. The third kappa shape index (κ3) is 3.96. The molecule has 1 nitrogen and oxygen atoms in total. The van der Waals surface area contributed by atoms with E-state index in [9.17, 15) is 4.79 Å². The van der Waals surface area contributed by atoms with Crippen LogP contribution in [0.15, 0.2) is 23.3 Å². The van der Waals surface area contributed by atoms with Crippen molar-refractivity contribution >= 4 is 5.78 Å². The van der Waals surface area contributed by atoms with Crippen LogP contribution >= 0.6 is 0 Å². The van der Waals surface area contributed by atoms with Crippen molar-refractivity contribution in [3.05, 3.63) is 23.3 Å². The van der Waals surface area contributed by atoms with Gasteiger partial charge >= 0.3 is 0 Å². The van der Waals surface area contributed by atoms with Crippen LogP contribution in [0.3, 0.4) is 0 Å². The van der Waals surface area contributed by atoms with Crippen molar-refractivity contribution in [2.45, 2.75) is 53.4 Å². The third-order valence-electron chi connectivity index (χ3n) is 3.44. The minimum Gasteiger partial charge on any atom is -0.295 e. The Kier molecular flexibility index (Phi) is 4.98. The molecule has 0 amide bonds. The molecule has 0 aromatic heterocycles. The summed E-state index contributed by atoms with van der Waals surface area (Å²) in [6, 6.07) is 0. The predicted octanol–water partition coefficient (Wildman–Crippen LogP) is 4.29. The summed E-state index contributed by atoms with van der Waals surface area (Å²) >= 11 is 0. The zero-order valence-electron chi connectivity index (χ0n) is 11.0. The molecule has 1 heteroatoms. The molecule has 1 unspecified atom stereocenters. The summed E-state index contributed by atoms with van der Waals surface area (Å²) in [6.45, 7) is 8.55. The van der Waals surface area contributed by atoms with E-state index < -0.39 is 0 Å². The van der Waals surface area contributed by atoms with Gasteiger partial charge in [-0.1, -0.05) is 31.1 Å². The molecule has 1 atom stereocenters. The number of carbonyl (C=O) groups excluding carboxylic acids is 1. The summed E-state index contributed by atoms with van der Waals surface area (Å²) in [5.41, 5.74) is 2.66. The monoisotopic (exact) mass is 220 g/mol. The van der Waals surface area contributed by atoms with E-state index in [4.69, 9.17) is 0 Å². The highest BCUT2D eigenvalue weighted by Crippen LogP contribution is 2.24. The van der Waals surface area contributed by atoms with Crippen molar-refractivity contribution in [2.75, 3.05) is 0 Å². The van der Waals surface area contributed by atoms with Crippen LogP contribution in [0.1, 0.15) is 53.4 Å². The lowest BCUT2D eigenvalue weighted by molar-refractivity contribution is -0.119. The fourth-order valence-electron chi connectivity index (χ4n) is 2.26. The Morgan fingerprint density at radius 1 is 1.19 bits per heavy atom. The molecular formula is C15H24O. The summed E-state index contributed by atoms with van der Waals surface area (Å²) < 4.78 is 0. The SMILES string of the molecule is CC1=CC(=O)C(C(C)C)CCC(C)=CCC1. The Hall–Kier alpha value is -0.850. The van der Waals surface area contributed by atoms with Crippen molar-refractivity contribution in [1.29, 1.82) is 0 Å². The fraction of sp³-hybridized carbons (Fsp3) is 0.667. The van der Waals surface area contributed by atoms with Crippen LogP contribution in [0.2, 0.25) is 0 Å². The van der Waals surface area contributed by atoms with Gasteiger partial charge in [-0.05, 0) is 51.5 Å². The van der Waals surface area contributed by atoms with Crippen molar-refractivity contribution < 1.29 is 4.79 Å². The molecule has 0 N–H and O–H groups in total. The Morgan fingerprint density at radius 3 is 2.50 bits per heavy atom. The second-order valence-electron chi connectivity index (χ2n) is 5.37. The highest BCUT2D eigenvalue weighted by molar-refractivity contribution is 5.92. The molecule has 0 aliphatic heterocycles. The summed E-state index contributed by atoms with van der Waals surface area (Å²) in [6.07, 6.45) is 8.37. The van der Waals surface area contributed by atoms with Gasteiger partial charge in [-0.2, -0.15) is 0 Å². The largest absolute Gasteiger partial charge is 0.295 e. The average molecular weight is 220 g/mol. The topological polar surface area (TPSA) is 17.1 Å². The number of carbonyl (C=O) groups is 1. The summed E-state index contributed by atoms with van der Waals surface area (Å²) in [5.74, 6) is 0.988. The van der Waals surface area contributed by atoms with Crippen LogP contribution < -0.4 is 0 Å². The van der Waals surface area contributed by atoms with Gasteiger partial charge in [0.1, 0.15) is 0 Å². The van der Waals surface area contributed by atoms with Gasteiger partial charge in [-0.25, -0.2) is 0 Å². The van der Waals surface area contributed by atoms with E-state index in [-0.39, 0.29) is 5.92 Å². The van der Waals surface area contributed by atoms with E-state index in [0.29, 0.717) is 11.7 Å². The molecule has 0 spiro atoms. The van der Waals surface area contributed by atoms with E-state index in [1.165, 1.54) is 11.1 Å². The Labute approximate surface area is 99.6 Å². The normalized spacial score (nSPS) is 24.1. The van der Waals surface area contributed by atoms with Gasteiger partial charge in [0.25, 0.3) is 0 Å². The van der Waals surface area contributed by atoms with E-state index in [0.717, 1.165) is 25.7 Å². The third-order valence-corrected chi connectivity index (χ3v) is 3.44. The quantitative estimate of drug-likeness (QED) is 0.602. The van der Waals surface area contributed by atoms with Gasteiger partial charge in [0, 0.05) is 5.92 Å². The van der Waals surface area contributed by atoms with Crippen LogP contribution in [-0.2, 0) is 4.79 Å². The van der Waals surface area contributed by atoms with E-state index in [1.54, 1.807) is 0 Å². The summed E-state index contributed by atoms with van der Waals surface area (Å²) in [7, 11) is 0. The molecule has 16 heavy (non-hydrogen) atoms. The second-order valence-corrected chi connectivity index (χ2v) is 5.37. The number of allylic oxidation sites excluding steroid dienone is 4. The summed E-state index contributed by atoms with van der Waals surface area (Å²) in [4.78, 5) is 12.1. The molecule has 0 radical (unpaired) electrons. The zero-order chi connectivity index (χ0) is 12.1. The Balaban J connectivity index is 2.85. The Morgan fingerprint density at radius 2 is 1.88 bits per heavy atom. The molecule has 0 aromatic carbocycles. The lowest BCUT2D eigenvalue weighted by Crippen LogP contribution is -2.19. The van der Waals surface area contributed by atoms with Crippen LogP contribution in [0, 0.1) is 11.8 Å². The van der Waals surface area contributed by atoms with Gasteiger partial charge in [0.2, 0.25) is 0 Å². The van der Waals surface area contributed by atoms with Gasteiger partial charge in [-0.15, -0.1) is 0 Å². The zero-order valence-corrected chi connectivity index (χ0v) is 11.0. The highest BCUT2D eigenvalue weighted by Gasteiger charge is 2.20. The molecule has 0 saturated carbocycles. The number of hydrogen-bond acceptors (Lipinski definition) is 1. The van der Waals surface area contributed by atoms with E-state index >= 15 is 0 Å². The lowest BCUT2D eigenvalue weighted by Gasteiger charge is -2.19. The predicted molar refractivity (Wildman–Crippen MR) is 69.3 cm³/mol. The molecule has 1 aliphatic carbocycles. The smallest absolute Gasteiger partial charge is 0.158 e. The van der Waals surface area contributed by atoms with Gasteiger partial charge in [0.05, 0.1) is 0 Å². The standard InChI is InChI=1S/C15H24O/c1-11(2)14-9-8-12(3)6-5-7-13(4)10-15(14)16/h6,10-11,14H,5,7-9H2,1-4H3. The van der Waals surface area contributed by atoms with Crippen molar-refractivity contribution in [3.8, 4) is 0 Å². The summed E-state index contributed by atoms with van der Waals surface area (Å²) in [5, 5.41) is 0. The van der Waals surface area contributed by atoms with Crippen LogP contribution in [0.5, 0.6) is 0 Å². The highest BCUT2D eigenvalue weighted by atomic mass is 16.1. The molecular weight excluding hydrogens is 196 g/mol. The Bertz CT molecular complexity index is 307. The maximum absolute atomic E-state index is 12.1. The molecule has 0 aromatic rings. The number of ketones is 1. The maximum Gasteiger partial charge on any atom is 0.158 e. The molecule has 0 bridgehead atoms. The number of hydrogen-bond donors (Lipinski definition) is 0. The van der Waals surface area contributed by atoms with E-state index in [1.807, 2.05) is 6.08 Å².